The lowest BCUT2D eigenvalue weighted by Gasteiger charge is -2.30. The smallest absolute Gasteiger partial charge is 0.122 e. The van der Waals surface area contributed by atoms with Crippen molar-refractivity contribution in [1.82, 2.24) is 4.98 Å². The number of nitrogens with two attached hydrogens (primary N) is 1. The largest absolute Gasteiger partial charge is 0.388 e. The summed E-state index contributed by atoms with van der Waals surface area (Å²) in [6, 6.07) is 12.5. The van der Waals surface area contributed by atoms with Gasteiger partial charge in [-0.15, -0.1) is 0 Å². The first kappa shape index (κ1) is 12.1. The van der Waals surface area contributed by atoms with Crippen molar-refractivity contribution in [2.24, 2.45) is 5.73 Å². The number of benzene rings is 1. The lowest BCUT2D eigenvalue weighted by molar-refractivity contribution is 0.730. The Labute approximate surface area is 118 Å². The van der Waals surface area contributed by atoms with Gasteiger partial charge in [-0.1, -0.05) is 36.5 Å². The molecule has 0 saturated carbocycles. The van der Waals surface area contributed by atoms with Gasteiger partial charge in [0.2, 0.25) is 0 Å². The van der Waals surface area contributed by atoms with E-state index in [-0.39, 0.29) is 0 Å². The molecule has 1 aliphatic heterocycles. The highest BCUT2D eigenvalue weighted by Gasteiger charge is 2.16. The topological polar surface area (TPSA) is 42.1 Å². The van der Waals surface area contributed by atoms with Crippen LogP contribution < -0.4 is 10.6 Å². The zero-order valence-corrected chi connectivity index (χ0v) is 11.4. The molecule has 4 heteroatoms. The Balaban J connectivity index is 1.83. The van der Waals surface area contributed by atoms with Crippen LogP contribution in [0.4, 0.5) is 5.69 Å². The normalized spacial score (nSPS) is 14.0. The first-order chi connectivity index (χ1) is 9.24. The zero-order valence-electron chi connectivity index (χ0n) is 10.5. The van der Waals surface area contributed by atoms with Gasteiger partial charge in [-0.05, 0) is 29.7 Å². The van der Waals surface area contributed by atoms with Crippen LogP contribution in [0.2, 0.25) is 0 Å². The number of anilines is 1. The maximum absolute atomic E-state index is 5.56. The molecule has 1 aromatic carbocycles. The second kappa shape index (κ2) is 4.97. The van der Waals surface area contributed by atoms with Crippen molar-refractivity contribution >= 4 is 22.9 Å². The van der Waals surface area contributed by atoms with Gasteiger partial charge in [0.05, 0.1) is 17.6 Å². The fourth-order valence-corrected chi connectivity index (χ4v) is 2.56. The van der Waals surface area contributed by atoms with E-state index >= 15 is 0 Å². The molecule has 0 spiro atoms. The third kappa shape index (κ3) is 2.44. The molecule has 2 heterocycles. The van der Waals surface area contributed by atoms with Crippen molar-refractivity contribution in [1.29, 1.82) is 0 Å². The van der Waals surface area contributed by atoms with Crippen LogP contribution in [-0.4, -0.2) is 16.5 Å². The molecule has 0 bridgehead atoms. The summed E-state index contributed by atoms with van der Waals surface area (Å²) < 4.78 is 0. The van der Waals surface area contributed by atoms with Crippen molar-refractivity contribution < 1.29 is 0 Å². The molecule has 0 radical (unpaired) electrons. The summed E-state index contributed by atoms with van der Waals surface area (Å²) in [6.45, 7) is 1.95. The van der Waals surface area contributed by atoms with Gasteiger partial charge in [0.15, 0.2) is 0 Å². The molecule has 1 aromatic heterocycles. The highest BCUT2D eigenvalue weighted by atomic mass is 32.1. The van der Waals surface area contributed by atoms with Crippen molar-refractivity contribution in [3.05, 3.63) is 59.4 Å². The number of pyridine rings is 1. The predicted molar refractivity (Wildman–Crippen MR) is 81.3 cm³/mol. The molecule has 96 valence electrons. The van der Waals surface area contributed by atoms with Crippen LogP contribution in [0.5, 0.6) is 0 Å². The van der Waals surface area contributed by atoms with Crippen LogP contribution in [0.1, 0.15) is 16.8 Å². The molecule has 1 aliphatic rings. The number of aromatic nitrogens is 1. The van der Waals surface area contributed by atoms with E-state index in [2.05, 4.69) is 34.1 Å². The van der Waals surface area contributed by atoms with Crippen molar-refractivity contribution in [3.63, 3.8) is 0 Å². The molecule has 0 atom stereocenters. The van der Waals surface area contributed by atoms with Gasteiger partial charge in [-0.3, -0.25) is 4.98 Å². The van der Waals surface area contributed by atoms with Gasteiger partial charge >= 0.3 is 0 Å². The lowest BCUT2D eigenvalue weighted by atomic mass is 10.00. The SMILES string of the molecule is NC(=S)c1ccc(N2CCc3ccccc3C2)cn1. The second-order valence-electron chi connectivity index (χ2n) is 4.71. The molecule has 3 nitrogen and oxygen atoms in total. The maximum atomic E-state index is 5.56. The summed E-state index contributed by atoms with van der Waals surface area (Å²) >= 11 is 4.92. The average molecular weight is 269 g/mol. The maximum Gasteiger partial charge on any atom is 0.122 e. The van der Waals surface area contributed by atoms with Gasteiger partial charge in [-0.25, -0.2) is 0 Å². The Hall–Kier alpha value is -1.94. The number of hydrogen-bond acceptors (Lipinski definition) is 3. The predicted octanol–water partition coefficient (Wildman–Crippen LogP) is 2.28. The summed E-state index contributed by atoms with van der Waals surface area (Å²) in [5.74, 6) is 0. The molecule has 2 aromatic rings. The zero-order chi connectivity index (χ0) is 13.2. The van der Waals surface area contributed by atoms with Crippen LogP contribution in [0.3, 0.4) is 0 Å². The van der Waals surface area contributed by atoms with Crippen molar-refractivity contribution in [2.45, 2.75) is 13.0 Å². The lowest BCUT2D eigenvalue weighted by Crippen LogP contribution is -2.30. The molecule has 0 aliphatic carbocycles. The van der Waals surface area contributed by atoms with Gasteiger partial charge in [-0.2, -0.15) is 0 Å². The molecule has 19 heavy (non-hydrogen) atoms. The molecular weight excluding hydrogens is 254 g/mol. The Bertz CT molecular complexity index is 607. The van der Waals surface area contributed by atoms with Crippen molar-refractivity contribution in [2.75, 3.05) is 11.4 Å². The number of rotatable bonds is 2. The van der Waals surface area contributed by atoms with Gasteiger partial charge in [0, 0.05) is 13.1 Å². The Morgan fingerprint density at radius 2 is 1.95 bits per heavy atom. The van der Waals surface area contributed by atoms with E-state index in [1.807, 2.05) is 18.3 Å². The Kier molecular flexibility index (Phi) is 3.17. The highest BCUT2D eigenvalue weighted by Crippen LogP contribution is 2.23. The van der Waals surface area contributed by atoms with E-state index in [4.69, 9.17) is 18.0 Å². The number of thiocarbonyl (C=S) groups is 1. The minimum atomic E-state index is 0.343. The standard InChI is InChI=1S/C15H15N3S/c16-15(19)14-6-5-13(9-17-14)18-8-7-11-3-1-2-4-12(11)10-18/h1-6,9H,7-8,10H2,(H2,16,19). The monoisotopic (exact) mass is 269 g/mol. The summed E-state index contributed by atoms with van der Waals surface area (Å²) in [7, 11) is 0. The molecule has 0 saturated heterocycles. The average Bonchev–Trinajstić information content (AvgIpc) is 2.47. The summed E-state index contributed by atoms with van der Waals surface area (Å²) in [6.07, 6.45) is 2.93. The molecular formula is C15H15N3S. The first-order valence-electron chi connectivity index (χ1n) is 6.31. The minimum absolute atomic E-state index is 0.343. The third-order valence-corrected chi connectivity index (χ3v) is 3.71. The van der Waals surface area contributed by atoms with Crippen molar-refractivity contribution in [3.8, 4) is 0 Å². The van der Waals surface area contributed by atoms with Crippen LogP contribution in [0.25, 0.3) is 0 Å². The van der Waals surface area contributed by atoms with E-state index in [0.29, 0.717) is 10.7 Å². The molecule has 0 unspecified atom stereocenters. The van der Waals surface area contributed by atoms with Gasteiger partial charge in [0.1, 0.15) is 4.99 Å². The molecule has 2 N–H and O–H groups in total. The fourth-order valence-electron chi connectivity index (χ4n) is 2.43. The summed E-state index contributed by atoms with van der Waals surface area (Å²) in [5, 5.41) is 0. The fraction of sp³-hybridized carbons (Fsp3) is 0.200. The van der Waals surface area contributed by atoms with Crippen LogP contribution in [0, 0.1) is 0 Å². The van der Waals surface area contributed by atoms with E-state index in [0.717, 1.165) is 25.2 Å². The number of hydrogen-bond donors (Lipinski definition) is 1. The van der Waals surface area contributed by atoms with Gasteiger partial charge < -0.3 is 10.6 Å². The quantitative estimate of drug-likeness (QED) is 0.849. The molecule has 0 fully saturated rings. The minimum Gasteiger partial charge on any atom is -0.388 e. The highest BCUT2D eigenvalue weighted by molar-refractivity contribution is 7.80. The van der Waals surface area contributed by atoms with E-state index in [1.165, 1.54) is 11.1 Å². The van der Waals surface area contributed by atoms with Gasteiger partial charge in [0.25, 0.3) is 0 Å². The van der Waals surface area contributed by atoms with Crippen LogP contribution >= 0.6 is 12.2 Å². The summed E-state index contributed by atoms with van der Waals surface area (Å²) in [5.41, 5.74) is 10.2. The van der Waals surface area contributed by atoms with E-state index < -0.39 is 0 Å². The first-order valence-corrected chi connectivity index (χ1v) is 6.72. The number of nitrogens with zero attached hydrogens (tertiary/aromatic N) is 2. The second-order valence-corrected chi connectivity index (χ2v) is 5.15. The number of fused-ring (bicyclic) bond motifs is 1. The van der Waals surface area contributed by atoms with Crippen LogP contribution in [0.15, 0.2) is 42.6 Å². The Morgan fingerprint density at radius 1 is 1.16 bits per heavy atom. The van der Waals surface area contributed by atoms with E-state index in [1.54, 1.807) is 0 Å². The third-order valence-electron chi connectivity index (χ3n) is 3.50. The Morgan fingerprint density at radius 3 is 2.63 bits per heavy atom. The molecule has 0 amide bonds. The molecule has 3 rings (SSSR count). The summed E-state index contributed by atoms with van der Waals surface area (Å²) in [4.78, 5) is 6.98. The van der Waals surface area contributed by atoms with E-state index in [9.17, 15) is 0 Å². The van der Waals surface area contributed by atoms with Crippen LogP contribution in [-0.2, 0) is 13.0 Å².